The number of carbonyl (C=O) groups is 2. The van der Waals surface area contributed by atoms with Crippen LogP contribution in [0.1, 0.15) is 11.3 Å². The molecule has 3 amide bonds. The van der Waals surface area contributed by atoms with E-state index in [9.17, 15) is 19.7 Å². The second-order valence-electron chi connectivity index (χ2n) is 4.95. The average Bonchev–Trinajstić information content (AvgIpc) is 3.00. The number of furan rings is 1. The van der Waals surface area contributed by atoms with Crippen LogP contribution in [0.15, 0.2) is 40.3 Å². The summed E-state index contributed by atoms with van der Waals surface area (Å²) in [6.07, 6.45) is 1.13. The standard InChI is InChI=1S/C16H12N4O5/c1-9-2-3-11(20(23)24)7-13(9)14-5-4-12(25-14)6-10(8-17)15(21)19-16(18)22/h2-7H,1H3,(H3,18,19,21,22)/b10-6-. The van der Waals surface area contributed by atoms with Gasteiger partial charge in [-0.2, -0.15) is 5.26 Å². The molecule has 0 bridgehead atoms. The quantitative estimate of drug-likeness (QED) is 0.377. The lowest BCUT2D eigenvalue weighted by Crippen LogP contribution is -2.35. The molecule has 9 heteroatoms. The number of hydrogen-bond acceptors (Lipinski definition) is 6. The van der Waals surface area contributed by atoms with Crippen molar-refractivity contribution in [3.8, 4) is 17.4 Å². The highest BCUT2D eigenvalue weighted by Gasteiger charge is 2.15. The van der Waals surface area contributed by atoms with Gasteiger partial charge in [0.25, 0.3) is 11.6 Å². The van der Waals surface area contributed by atoms with Crippen molar-refractivity contribution in [3.63, 3.8) is 0 Å². The van der Waals surface area contributed by atoms with Crippen molar-refractivity contribution in [1.29, 1.82) is 5.26 Å². The molecule has 1 heterocycles. The van der Waals surface area contributed by atoms with Gasteiger partial charge in [-0.1, -0.05) is 6.07 Å². The Morgan fingerprint density at radius 2 is 2.08 bits per heavy atom. The predicted molar refractivity (Wildman–Crippen MR) is 86.9 cm³/mol. The van der Waals surface area contributed by atoms with Gasteiger partial charge in [0, 0.05) is 23.8 Å². The number of nitrogens with zero attached hydrogens (tertiary/aromatic N) is 2. The molecule has 0 aliphatic heterocycles. The molecule has 0 aliphatic carbocycles. The molecule has 0 aliphatic rings. The molecule has 1 aromatic heterocycles. The van der Waals surface area contributed by atoms with E-state index in [-0.39, 0.29) is 17.0 Å². The number of imide groups is 1. The number of nitrogens with one attached hydrogen (secondary N) is 1. The van der Waals surface area contributed by atoms with Gasteiger partial charge in [0.1, 0.15) is 23.2 Å². The SMILES string of the molecule is Cc1ccc([N+](=O)[O-])cc1-c1ccc(/C=C(/C#N)C(=O)NC(N)=O)o1. The van der Waals surface area contributed by atoms with E-state index < -0.39 is 16.9 Å². The number of nitro benzene ring substituents is 1. The predicted octanol–water partition coefficient (Wildman–Crippen LogP) is 2.27. The summed E-state index contributed by atoms with van der Waals surface area (Å²) in [5.74, 6) is -0.461. The Balaban J connectivity index is 2.37. The van der Waals surface area contributed by atoms with Gasteiger partial charge in [-0.05, 0) is 24.6 Å². The highest BCUT2D eigenvalue weighted by Crippen LogP contribution is 2.29. The van der Waals surface area contributed by atoms with E-state index in [0.717, 1.165) is 11.6 Å². The van der Waals surface area contributed by atoms with E-state index in [2.05, 4.69) is 0 Å². The molecule has 0 unspecified atom stereocenters. The summed E-state index contributed by atoms with van der Waals surface area (Å²) in [6, 6.07) is 7.93. The van der Waals surface area contributed by atoms with E-state index in [1.54, 1.807) is 30.4 Å². The second kappa shape index (κ2) is 7.10. The molecule has 2 aromatic rings. The Kier molecular flexibility index (Phi) is 4.95. The molecule has 2 rings (SSSR count). The van der Waals surface area contributed by atoms with Crippen LogP contribution in [-0.2, 0) is 4.79 Å². The number of nitrogens with two attached hydrogens (primary N) is 1. The Hall–Kier alpha value is -3.93. The van der Waals surface area contributed by atoms with Gasteiger partial charge in [0.2, 0.25) is 0 Å². The molecule has 1 aromatic carbocycles. The number of aryl methyl sites for hydroxylation is 1. The number of nitriles is 1. The summed E-state index contributed by atoms with van der Waals surface area (Å²) in [4.78, 5) is 32.7. The van der Waals surface area contributed by atoms with E-state index >= 15 is 0 Å². The molecule has 0 radical (unpaired) electrons. The third-order valence-electron chi connectivity index (χ3n) is 3.21. The van der Waals surface area contributed by atoms with Crippen LogP contribution >= 0.6 is 0 Å². The van der Waals surface area contributed by atoms with Crippen molar-refractivity contribution >= 4 is 23.7 Å². The van der Waals surface area contributed by atoms with Crippen molar-refractivity contribution in [1.82, 2.24) is 5.32 Å². The Bertz CT molecular complexity index is 936. The number of carbonyl (C=O) groups excluding carboxylic acids is 2. The number of urea groups is 1. The van der Waals surface area contributed by atoms with Gasteiger partial charge in [0.05, 0.1) is 4.92 Å². The zero-order valence-corrected chi connectivity index (χ0v) is 13.0. The molecule has 25 heavy (non-hydrogen) atoms. The van der Waals surface area contributed by atoms with Crippen molar-refractivity contribution in [2.45, 2.75) is 6.92 Å². The summed E-state index contributed by atoms with van der Waals surface area (Å²) in [6.45, 7) is 1.76. The summed E-state index contributed by atoms with van der Waals surface area (Å²) >= 11 is 0. The maximum Gasteiger partial charge on any atom is 0.319 e. The number of benzene rings is 1. The van der Waals surface area contributed by atoms with Crippen LogP contribution in [-0.4, -0.2) is 16.9 Å². The monoisotopic (exact) mass is 340 g/mol. The Morgan fingerprint density at radius 3 is 2.68 bits per heavy atom. The minimum atomic E-state index is -1.08. The van der Waals surface area contributed by atoms with Gasteiger partial charge < -0.3 is 10.2 Å². The van der Waals surface area contributed by atoms with Crippen LogP contribution in [0.2, 0.25) is 0 Å². The largest absolute Gasteiger partial charge is 0.457 e. The van der Waals surface area contributed by atoms with Gasteiger partial charge in [-0.15, -0.1) is 0 Å². The first-order chi connectivity index (χ1) is 11.8. The lowest BCUT2D eigenvalue weighted by Gasteiger charge is -2.02. The molecule has 0 saturated heterocycles. The normalized spacial score (nSPS) is 10.8. The zero-order chi connectivity index (χ0) is 18.6. The lowest BCUT2D eigenvalue weighted by molar-refractivity contribution is -0.384. The number of hydrogen-bond donors (Lipinski definition) is 2. The number of primary amides is 1. The highest BCUT2D eigenvalue weighted by molar-refractivity contribution is 6.08. The van der Waals surface area contributed by atoms with E-state index in [1.807, 2.05) is 0 Å². The first kappa shape index (κ1) is 17.4. The van der Waals surface area contributed by atoms with E-state index in [4.69, 9.17) is 15.4 Å². The van der Waals surface area contributed by atoms with Crippen molar-refractivity contribution in [2.24, 2.45) is 5.73 Å². The summed E-state index contributed by atoms with van der Waals surface area (Å²) in [5, 5.41) is 21.7. The maximum atomic E-state index is 11.6. The first-order valence-corrected chi connectivity index (χ1v) is 6.89. The van der Waals surface area contributed by atoms with E-state index in [0.29, 0.717) is 11.3 Å². The van der Waals surface area contributed by atoms with Crippen LogP contribution < -0.4 is 11.1 Å². The fourth-order valence-electron chi connectivity index (χ4n) is 2.03. The summed E-state index contributed by atoms with van der Waals surface area (Å²) in [5.41, 5.74) is 5.62. The molecule has 3 N–H and O–H groups in total. The van der Waals surface area contributed by atoms with Crippen molar-refractivity contribution in [2.75, 3.05) is 0 Å². The number of nitro groups is 1. The minimum Gasteiger partial charge on any atom is -0.457 e. The minimum absolute atomic E-state index is 0.0901. The molecule has 9 nitrogen and oxygen atoms in total. The fraction of sp³-hybridized carbons (Fsp3) is 0.0625. The number of amides is 3. The van der Waals surface area contributed by atoms with Crippen LogP contribution in [0.5, 0.6) is 0 Å². The van der Waals surface area contributed by atoms with Crippen molar-refractivity contribution in [3.05, 3.63) is 57.3 Å². The van der Waals surface area contributed by atoms with Gasteiger partial charge in [-0.3, -0.25) is 20.2 Å². The molecular weight excluding hydrogens is 328 g/mol. The molecule has 126 valence electrons. The molecule has 0 spiro atoms. The molecule has 0 atom stereocenters. The van der Waals surface area contributed by atoms with Crippen LogP contribution in [0.4, 0.5) is 10.5 Å². The fourth-order valence-corrected chi connectivity index (χ4v) is 2.03. The molecule has 0 fully saturated rings. The Labute approximate surface area is 141 Å². The first-order valence-electron chi connectivity index (χ1n) is 6.89. The maximum absolute atomic E-state index is 11.6. The highest BCUT2D eigenvalue weighted by atomic mass is 16.6. The van der Waals surface area contributed by atoms with Crippen LogP contribution in [0.3, 0.4) is 0 Å². The van der Waals surface area contributed by atoms with Gasteiger partial charge in [0.15, 0.2) is 0 Å². The Morgan fingerprint density at radius 1 is 1.36 bits per heavy atom. The summed E-state index contributed by atoms with van der Waals surface area (Å²) in [7, 11) is 0. The van der Waals surface area contributed by atoms with E-state index in [1.165, 1.54) is 18.2 Å². The van der Waals surface area contributed by atoms with Gasteiger partial charge >= 0.3 is 6.03 Å². The van der Waals surface area contributed by atoms with Crippen LogP contribution in [0.25, 0.3) is 17.4 Å². The smallest absolute Gasteiger partial charge is 0.319 e. The van der Waals surface area contributed by atoms with Crippen molar-refractivity contribution < 1.29 is 18.9 Å². The van der Waals surface area contributed by atoms with Gasteiger partial charge in [-0.25, -0.2) is 4.79 Å². The van der Waals surface area contributed by atoms with Crippen LogP contribution in [0, 0.1) is 28.4 Å². The average molecular weight is 340 g/mol. The third kappa shape index (κ3) is 4.08. The topological polar surface area (TPSA) is 152 Å². The molecular formula is C16H12N4O5. The molecule has 0 saturated carbocycles. The zero-order valence-electron chi connectivity index (χ0n) is 13.0. The lowest BCUT2D eigenvalue weighted by atomic mass is 10.1. The summed E-state index contributed by atoms with van der Waals surface area (Å²) < 4.78 is 5.53. The number of rotatable bonds is 4. The third-order valence-corrected chi connectivity index (χ3v) is 3.21. The second-order valence-corrected chi connectivity index (χ2v) is 4.95. The number of non-ortho nitro benzene ring substituents is 1.